The molecular formula is C25H22N8O2S. The van der Waals surface area contributed by atoms with Crippen LogP contribution in [0.3, 0.4) is 0 Å². The second-order valence-corrected chi connectivity index (χ2v) is 9.39. The lowest BCUT2D eigenvalue weighted by Crippen LogP contribution is -2.15. The van der Waals surface area contributed by atoms with Gasteiger partial charge in [-0.05, 0) is 53.1 Å². The van der Waals surface area contributed by atoms with Crippen LogP contribution in [-0.4, -0.2) is 46.6 Å². The lowest BCUT2D eigenvalue weighted by molar-refractivity contribution is -0.113. The lowest BCUT2D eigenvalue weighted by atomic mass is 10.2. The Bertz CT molecular complexity index is 1480. The van der Waals surface area contributed by atoms with E-state index in [1.165, 1.54) is 11.8 Å². The van der Waals surface area contributed by atoms with Crippen molar-refractivity contribution >= 4 is 23.4 Å². The summed E-state index contributed by atoms with van der Waals surface area (Å²) in [6.45, 7) is 0.561. The van der Waals surface area contributed by atoms with Crippen LogP contribution in [0, 0.1) is 0 Å². The minimum Gasteiger partial charge on any atom is -0.461 e. The summed E-state index contributed by atoms with van der Waals surface area (Å²) in [5.41, 5.74) is 2.65. The van der Waals surface area contributed by atoms with E-state index in [2.05, 4.69) is 31.0 Å². The van der Waals surface area contributed by atoms with Crippen LogP contribution in [-0.2, 0) is 11.3 Å². The van der Waals surface area contributed by atoms with Gasteiger partial charge in [-0.25, -0.2) is 4.68 Å². The third kappa shape index (κ3) is 4.78. The Kier molecular flexibility index (Phi) is 6.04. The fourth-order valence-electron chi connectivity index (χ4n) is 3.90. The standard InChI is InChI=1S/C25H22N8O2S/c34-22(26-19-9-4-8-18(14-19)23-28-30-31-33(23)20-11-12-20)16-36-25-29-27-24(21-10-5-13-35-21)32(25)15-17-6-2-1-3-7-17/h1-10,13-14,20H,11-12,15-16H2,(H,26,34). The molecule has 0 aliphatic heterocycles. The van der Waals surface area contributed by atoms with Gasteiger partial charge in [0.15, 0.2) is 16.7 Å². The van der Waals surface area contributed by atoms with Crippen molar-refractivity contribution in [3.8, 4) is 23.0 Å². The Labute approximate surface area is 210 Å². The summed E-state index contributed by atoms with van der Waals surface area (Å²) in [7, 11) is 0. The topological polar surface area (TPSA) is 117 Å². The molecule has 1 aliphatic rings. The van der Waals surface area contributed by atoms with E-state index in [4.69, 9.17) is 4.42 Å². The van der Waals surface area contributed by atoms with Gasteiger partial charge in [-0.15, -0.1) is 15.3 Å². The molecule has 3 heterocycles. The Balaban J connectivity index is 1.16. The molecule has 5 aromatic rings. The summed E-state index contributed by atoms with van der Waals surface area (Å²) in [6.07, 6.45) is 3.78. The van der Waals surface area contributed by atoms with Crippen LogP contribution in [0.25, 0.3) is 23.0 Å². The van der Waals surface area contributed by atoms with Crippen LogP contribution in [0.1, 0.15) is 24.4 Å². The summed E-state index contributed by atoms with van der Waals surface area (Å²) < 4.78 is 9.37. The van der Waals surface area contributed by atoms with E-state index in [1.54, 1.807) is 6.26 Å². The summed E-state index contributed by atoms with van der Waals surface area (Å²) in [4.78, 5) is 12.8. The van der Waals surface area contributed by atoms with Crippen molar-refractivity contribution < 1.29 is 9.21 Å². The maximum atomic E-state index is 12.8. The third-order valence-electron chi connectivity index (χ3n) is 5.76. The van der Waals surface area contributed by atoms with Crippen LogP contribution in [0.15, 0.2) is 82.6 Å². The van der Waals surface area contributed by atoms with Gasteiger partial charge in [0.25, 0.3) is 0 Å². The van der Waals surface area contributed by atoms with Gasteiger partial charge in [-0.2, -0.15) is 0 Å². The highest BCUT2D eigenvalue weighted by Crippen LogP contribution is 2.36. The number of amides is 1. The lowest BCUT2D eigenvalue weighted by Gasteiger charge is -2.10. The van der Waals surface area contributed by atoms with E-state index >= 15 is 0 Å². The number of carbonyl (C=O) groups excluding carboxylic acids is 1. The van der Waals surface area contributed by atoms with E-state index in [0.29, 0.717) is 40.8 Å². The van der Waals surface area contributed by atoms with Gasteiger partial charge in [0.2, 0.25) is 11.7 Å². The van der Waals surface area contributed by atoms with Crippen molar-refractivity contribution in [1.82, 2.24) is 35.0 Å². The van der Waals surface area contributed by atoms with Crippen LogP contribution >= 0.6 is 11.8 Å². The van der Waals surface area contributed by atoms with Crippen molar-refractivity contribution in [3.05, 3.63) is 78.6 Å². The molecule has 0 atom stereocenters. The number of hydrogen-bond donors (Lipinski definition) is 1. The number of nitrogens with one attached hydrogen (secondary N) is 1. The van der Waals surface area contributed by atoms with Gasteiger partial charge in [-0.1, -0.05) is 54.2 Å². The number of thioether (sulfide) groups is 1. The van der Waals surface area contributed by atoms with E-state index in [1.807, 2.05) is 76.0 Å². The molecule has 36 heavy (non-hydrogen) atoms. The van der Waals surface area contributed by atoms with Crippen LogP contribution < -0.4 is 5.32 Å². The summed E-state index contributed by atoms with van der Waals surface area (Å²) in [5, 5.41) is 24.4. The number of tetrazole rings is 1. The molecule has 1 aliphatic carbocycles. The van der Waals surface area contributed by atoms with Gasteiger partial charge in [0.1, 0.15) is 0 Å². The maximum absolute atomic E-state index is 12.8. The van der Waals surface area contributed by atoms with E-state index in [9.17, 15) is 4.79 Å². The molecule has 0 unspecified atom stereocenters. The zero-order chi connectivity index (χ0) is 24.3. The van der Waals surface area contributed by atoms with Gasteiger partial charge >= 0.3 is 0 Å². The number of rotatable bonds is 9. The highest BCUT2D eigenvalue weighted by atomic mass is 32.2. The predicted molar refractivity (Wildman–Crippen MR) is 134 cm³/mol. The largest absolute Gasteiger partial charge is 0.461 e. The molecule has 0 saturated heterocycles. The number of anilines is 1. The molecule has 1 saturated carbocycles. The molecule has 1 amide bonds. The number of carbonyl (C=O) groups is 1. The fourth-order valence-corrected chi connectivity index (χ4v) is 4.64. The van der Waals surface area contributed by atoms with Crippen molar-refractivity contribution in [2.24, 2.45) is 0 Å². The van der Waals surface area contributed by atoms with Crippen LogP contribution in [0.2, 0.25) is 0 Å². The third-order valence-corrected chi connectivity index (χ3v) is 6.73. The molecular weight excluding hydrogens is 476 g/mol. The minimum absolute atomic E-state index is 0.146. The molecule has 2 aromatic carbocycles. The first kappa shape index (κ1) is 22.2. The Hall–Kier alpha value is -4.25. The quantitative estimate of drug-likeness (QED) is 0.299. The highest BCUT2D eigenvalue weighted by Gasteiger charge is 2.28. The Morgan fingerprint density at radius 3 is 2.69 bits per heavy atom. The monoisotopic (exact) mass is 498 g/mol. The molecule has 1 fully saturated rings. The molecule has 6 rings (SSSR count). The number of benzene rings is 2. The van der Waals surface area contributed by atoms with Crippen LogP contribution in [0.4, 0.5) is 5.69 Å². The molecule has 11 heteroatoms. The van der Waals surface area contributed by atoms with E-state index in [0.717, 1.165) is 24.0 Å². The molecule has 0 radical (unpaired) electrons. The second-order valence-electron chi connectivity index (χ2n) is 8.45. The molecule has 180 valence electrons. The van der Waals surface area contributed by atoms with Crippen molar-refractivity contribution in [1.29, 1.82) is 0 Å². The van der Waals surface area contributed by atoms with E-state index in [-0.39, 0.29) is 11.7 Å². The summed E-state index contributed by atoms with van der Waals surface area (Å²) in [5.74, 6) is 1.98. The van der Waals surface area contributed by atoms with Gasteiger partial charge in [-0.3, -0.25) is 9.36 Å². The number of furan rings is 1. The first-order chi connectivity index (χ1) is 17.7. The molecule has 0 bridgehead atoms. The number of nitrogens with zero attached hydrogens (tertiary/aromatic N) is 7. The average Bonchev–Trinajstić information content (AvgIpc) is 3.26. The van der Waals surface area contributed by atoms with Gasteiger partial charge < -0.3 is 9.73 Å². The highest BCUT2D eigenvalue weighted by molar-refractivity contribution is 7.99. The smallest absolute Gasteiger partial charge is 0.234 e. The molecule has 1 N–H and O–H groups in total. The van der Waals surface area contributed by atoms with Crippen LogP contribution in [0.5, 0.6) is 0 Å². The predicted octanol–water partition coefficient (Wildman–Crippen LogP) is 4.31. The van der Waals surface area contributed by atoms with Gasteiger partial charge in [0, 0.05) is 11.3 Å². The SMILES string of the molecule is O=C(CSc1nnc(-c2ccco2)n1Cc1ccccc1)Nc1cccc(-c2nnnn2C2CC2)c1. The average molecular weight is 499 g/mol. The first-order valence-corrected chi connectivity index (χ1v) is 12.5. The summed E-state index contributed by atoms with van der Waals surface area (Å²) >= 11 is 1.33. The maximum Gasteiger partial charge on any atom is 0.234 e. The fraction of sp³-hybridized carbons (Fsp3) is 0.200. The molecule has 0 spiro atoms. The zero-order valence-corrected chi connectivity index (χ0v) is 20.0. The normalized spacial score (nSPS) is 13.1. The van der Waals surface area contributed by atoms with E-state index < -0.39 is 0 Å². The number of aromatic nitrogens is 7. The zero-order valence-electron chi connectivity index (χ0n) is 19.2. The second kappa shape index (κ2) is 9.78. The Morgan fingerprint density at radius 1 is 1.00 bits per heavy atom. The minimum atomic E-state index is -0.146. The Morgan fingerprint density at radius 2 is 1.89 bits per heavy atom. The van der Waals surface area contributed by atoms with Crippen molar-refractivity contribution in [3.63, 3.8) is 0 Å². The number of hydrogen-bond acceptors (Lipinski definition) is 8. The van der Waals surface area contributed by atoms with Crippen molar-refractivity contribution in [2.45, 2.75) is 30.6 Å². The van der Waals surface area contributed by atoms with Crippen molar-refractivity contribution in [2.75, 3.05) is 11.1 Å². The first-order valence-electron chi connectivity index (χ1n) is 11.6. The molecule has 3 aromatic heterocycles. The summed E-state index contributed by atoms with van der Waals surface area (Å²) in [6, 6.07) is 21.6. The van der Waals surface area contributed by atoms with Gasteiger partial charge in [0.05, 0.1) is 24.6 Å². The molecule has 10 nitrogen and oxygen atoms in total.